The van der Waals surface area contributed by atoms with Gasteiger partial charge in [-0.2, -0.15) is 0 Å². The number of hydrogen-bond donors (Lipinski definition) is 0. The van der Waals surface area contributed by atoms with Crippen molar-refractivity contribution in [3.63, 3.8) is 0 Å². The summed E-state index contributed by atoms with van der Waals surface area (Å²) in [5.74, 6) is 0. The highest BCUT2D eigenvalue weighted by atomic mass is 14.0. The van der Waals surface area contributed by atoms with Gasteiger partial charge < -0.3 is 0 Å². The molecule has 0 atom stereocenters. The summed E-state index contributed by atoms with van der Waals surface area (Å²) in [5.41, 5.74) is 6.07. The van der Waals surface area contributed by atoms with E-state index in [2.05, 4.69) is 68.1 Å². The van der Waals surface area contributed by atoms with Gasteiger partial charge in [-0.15, -0.1) is 0 Å². The number of rotatable bonds is 3. The quantitative estimate of drug-likeness (QED) is 0.634. The summed E-state index contributed by atoms with van der Waals surface area (Å²) in [6.45, 7) is 8.12. The molecule has 0 fully saturated rings. The van der Waals surface area contributed by atoms with Crippen molar-refractivity contribution >= 4 is 17.2 Å². The molecule has 0 N–H and O–H groups in total. The second-order valence-electron chi connectivity index (χ2n) is 4.60. The normalized spacial score (nSPS) is 11.3. The van der Waals surface area contributed by atoms with Gasteiger partial charge >= 0.3 is 0 Å². The Morgan fingerprint density at radius 2 is 1.44 bits per heavy atom. The Hall–Kier alpha value is -2.08. The maximum atomic E-state index is 3.95. The molecule has 0 heteroatoms. The first-order valence-electron chi connectivity index (χ1n) is 6.16. The van der Waals surface area contributed by atoms with Crippen LogP contribution < -0.4 is 0 Å². The summed E-state index contributed by atoms with van der Waals surface area (Å²) in [6.07, 6.45) is 2.21. The van der Waals surface area contributed by atoms with Gasteiger partial charge in [0, 0.05) is 0 Å². The minimum atomic E-state index is 1.10. The van der Waals surface area contributed by atoms with E-state index in [-0.39, 0.29) is 0 Å². The van der Waals surface area contributed by atoms with Crippen LogP contribution in [0, 0.1) is 0 Å². The minimum absolute atomic E-state index is 1.10. The van der Waals surface area contributed by atoms with Crippen LogP contribution in [0.2, 0.25) is 0 Å². The van der Waals surface area contributed by atoms with Gasteiger partial charge in [-0.05, 0) is 36.1 Å². The molecule has 0 spiro atoms. The van der Waals surface area contributed by atoms with Gasteiger partial charge in [0.15, 0.2) is 0 Å². The largest absolute Gasteiger partial charge is 0.0955 e. The molecule has 0 aliphatic heterocycles. The van der Waals surface area contributed by atoms with Gasteiger partial charge in [0.25, 0.3) is 0 Å². The van der Waals surface area contributed by atoms with Crippen LogP contribution in [0.5, 0.6) is 0 Å². The molecular weight excluding hydrogens is 216 g/mol. The van der Waals surface area contributed by atoms with Crippen LogP contribution in [-0.2, 0) is 0 Å². The molecule has 0 aromatic heterocycles. The second-order valence-corrected chi connectivity index (χ2v) is 4.60. The van der Waals surface area contributed by atoms with Crippen molar-refractivity contribution in [1.82, 2.24) is 0 Å². The summed E-state index contributed by atoms with van der Waals surface area (Å²) >= 11 is 0. The van der Waals surface area contributed by atoms with Crippen molar-refractivity contribution in [2.24, 2.45) is 0 Å². The fourth-order valence-electron chi connectivity index (χ4n) is 1.90. The first-order chi connectivity index (χ1) is 8.66. The van der Waals surface area contributed by atoms with Gasteiger partial charge in [-0.25, -0.2) is 0 Å². The second kappa shape index (κ2) is 5.50. The summed E-state index contributed by atoms with van der Waals surface area (Å²) in [6, 6.07) is 18.9. The van der Waals surface area contributed by atoms with E-state index >= 15 is 0 Å². The smallest absolute Gasteiger partial charge is 0.0227 e. The monoisotopic (exact) mass is 234 g/mol. The first kappa shape index (κ1) is 12.4. The van der Waals surface area contributed by atoms with Gasteiger partial charge in [0.1, 0.15) is 0 Å². The van der Waals surface area contributed by atoms with E-state index in [9.17, 15) is 0 Å². The zero-order valence-corrected chi connectivity index (χ0v) is 11.0. The number of hydrogen-bond acceptors (Lipinski definition) is 0. The van der Waals surface area contributed by atoms with Crippen LogP contribution in [0.15, 0.2) is 61.2 Å². The third kappa shape index (κ3) is 2.98. The highest BCUT2D eigenvalue weighted by molar-refractivity contribution is 5.80. The summed E-state index contributed by atoms with van der Waals surface area (Å²) in [5, 5.41) is 0. The molecule has 0 heterocycles. The first-order valence-corrected chi connectivity index (χ1v) is 6.16. The maximum absolute atomic E-state index is 3.95. The third-order valence-electron chi connectivity index (χ3n) is 3.02. The molecule has 0 bridgehead atoms. The fraction of sp³-hybridized carbons (Fsp3) is 0.111. The average Bonchev–Trinajstić information content (AvgIpc) is 2.40. The molecule has 0 amide bonds. The number of benzene rings is 2. The molecule has 90 valence electrons. The van der Waals surface area contributed by atoms with E-state index in [0.29, 0.717) is 0 Å². The third-order valence-corrected chi connectivity index (χ3v) is 3.02. The summed E-state index contributed by atoms with van der Waals surface area (Å²) in [7, 11) is 0. The van der Waals surface area contributed by atoms with Crippen LogP contribution in [0.3, 0.4) is 0 Å². The zero-order valence-electron chi connectivity index (χ0n) is 11.0. The van der Waals surface area contributed by atoms with E-state index in [4.69, 9.17) is 0 Å². The summed E-state index contributed by atoms with van der Waals surface area (Å²) < 4.78 is 0. The molecular formula is C18H18. The van der Waals surface area contributed by atoms with Crippen molar-refractivity contribution in [2.45, 2.75) is 13.8 Å². The van der Waals surface area contributed by atoms with Crippen molar-refractivity contribution in [2.75, 3.05) is 0 Å². The van der Waals surface area contributed by atoms with Crippen molar-refractivity contribution in [3.05, 3.63) is 77.9 Å². The molecule has 18 heavy (non-hydrogen) atoms. The SMILES string of the molecule is C=C(C)c1ccc(C=C(C)c2ccccc2)cc1. The molecule has 2 aromatic carbocycles. The van der Waals surface area contributed by atoms with E-state index in [1.165, 1.54) is 22.3 Å². The van der Waals surface area contributed by atoms with Crippen LogP contribution in [0.4, 0.5) is 0 Å². The molecule has 0 nitrogen and oxygen atoms in total. The molecule has 0 aliphatic rings. The molecule has 0 saturated heterocycles. The van der Waals surface area contributed by atoms with Crippen LogP contribution in [0.25, 0.3) is 17.2 Å². The standard InChI is InChI=1S/C18H18/c1-14(2)17-11-9-16(10-12-17)13-15(3)18-7-5-4-6-8-18/h4-13H,1H2,2-3H3. The lowest BCUT2D eigenvalue weighted by Gasteiger charge is -2.03. The molecule has 2 rings (SSSR count). The van der Waals surface area contributed by atoms with E-state index in [1.807, 2.05) is 13.0 Å². The zero-order chi connectivity index (χ0) is 13.0. The Kier molecular flexibility index (Phi) is 3.78. The van der Waals surface area contributed by atoms with E-state index in [0.717, 1.165) is 5.57 Å². The molecule has 2 aromatic rings. The maximum Gasteiger partial charge on any atom is -0.0227 e. The van der Waals surface area contributed by atoms with Gasteiger partial charge in [0.05, 0.1) is 0 Å². The highest BCUT2D eigenvalue weighted by Crippen LogP contribution is 2.19. The predicted octanol–water partition coefficient (Wildman–Crippen LogP) is 5.28. The molecule has 0 saturated carbocycles. The molecule has 0 aliphatic carbocycles. The van der Waals surface area contributed by atoms with Gasteiger partial charge in [-0.3, -0.25) is 0 Å². The van der Waals surface area contributed by atoms with Gasteiger partial charge in [-0.1, -0.05) is 72.8 Å². The van der Waals surface area contributed by atoms with E-state index in [1.54, 1.807) is 0 Å². The Morgan fingerprint density at radius 1 is 0.833 bits per heavy atom. The summed E-state index contributed by atoms with van der Waals surface area (Å²) in [4.78, 5) is 0. The predicted molar refractivity (Wildman–Crippen MR) is 81.1 cm³/mol. The fourth-order valence-corrected chi connectivity index (χ4v) is 1.90. The Balaban J connectivity index is 2.25. The Bertz CT molecular complexity index is 557. The minimum Gasteiger partial charge on any atom is -0.0955 e. The lowest BCUT2D eigenvalue weighted by Crippen LogP contribution is -1.81. The van der Waals surface area contributed by atoms with Crippen LogP contribution in [-0.4, -0.2) is 0 Å². The van der Waals surface area contributed by atoms with Crippen molar-refractivity contribution < 1.29 is 0 Å². The number of allylic oxidation sites excluding steroid dienone is 2. The van der Waals surface area contributed by atoms with E-state index < -0.39 is 0 Å². The Labute approximate surface area is 109 Å². The van der Waals surface area contributed by atoms with Crippen LogP contribution >= 0.6 is 0 Å². The van der Waals surface area contributed by atoms with Crippen molar-refractivity contribution in [3.8, 4) is 0 Å². The lowest BCUT2D eigenvalue weighted by atomic mass is 10.0. The highest BCUT2D eigenvalue weighted by Gasteiger charge is 1.96. The topological polar surface area (TPSA) is 0 Å². The molecule has 0 radical (unpaired) electrons. The van der Waals surface area contributed by atoms with Gasteiger partial charge in [0.2, 0.25) is 0 Å². The Morgan fingerprint density at radius 3 is 2.00 bits per heavy atom. The average molecular weight is 234 g/mol. The van der Waals surface area contributed by atoms with Crippen LogP contribution in [0.1, 0.15) is 30.5 Å². The lowest BCUT2D eigenvalue weighted by molar-refractivity contribution is 1.54. The van der Waals surface area contributed by atoms with Crippen molar-refractivity contribution in [1.29, 1.82) is 0 Å². The molecule has 0 unspecified atom stereocenters.